The lowest BCUT2D eigenvalue weighted by atomic mass is 10.1. The Labute approximate surface area is 84.1 Å². The summed E-state index contributed by atoms with van der Waals surface area (Å²) in [5.41, 5.74) is 1.56. The van der Waals surface area contributed by atoms with Crippen LogP contribution in [0.5, 0.6) is 0 Å². The number of halogens is 1. The average Bonchev–Trinajstić information content (AvgIpc) is 2.65. The molecule has 0 atom stereocenters. The zero-order valence-electron chi connectivity index (χ0n) is 6.94. The molecular weight excluding hydrogens is 204 g/mol. The molecule has 70 valence electrons. The van der Waals surface area contributed by atoms with Gasteiger partial charge in [-0.05, 0) is 17.3 Å². The van der Waals surface area contributed by atoms with Crippen LogP contribution in [0.15, 0.2) is 29.4 Å². The van der Waals surface area contributed by atoms with E-state index in [-0.39, 0.29) is 5.15 Å². The molecule has 0 radical (unpaired) electrons. The van der Waals surface area contributed by atoms with Crippen LogP contribution in [0.4, 0.5) is 5.69 Å². The Kier molecular flexibility index (Phi) is 2.24. The molecule has 5 nitrogen and oxygen atoms in total. The van der Waals surface area contributed by atoms with Crippen molar-refractivity contribution < 1.29 is 0 Å². The summed E-state index contributed by atoms with van der Waals surface area (Å²) in [7, 11) is 0. The molecule has 0 unspecified atom stereocenters. The van der Waals surface area contributed by atoms with Gasteiger partial charge in [0.05, 0.1) is 0 Å². The second-order valence-corrected chi connectivity index (χ2v) is 2.96. The zero-order chi connectivity index (χ0) is 9.97. The average molecular weight is 209 g/mol. The molecule has 14 heavy (non-hydrogen) atoms. The van der Waals surface area contributed by atoms with E-state index in [0.717, 1.165) is 0 Å². The topological polar surface area (TPSA) is 71.0 Å². The molecule has 1 aromatic carbocycles. The maximum atomic E-state index is 10.3. The van der Waals surface area contributed by atoms with Crippen molar-refractivity contribution in [1.82, 2.24) is 15.4 Å². The minimum absolute atomic E-state index is 0.271. The van der Waals surface area contributed by atoms with Gasteiger partial charge >= 0.3 is 0 Å². The highest BCUT2D eigenvalue weighted by molar-refractivity contribution is 6.31. The number of nitrogens with one attached hydrogen (secondary N) is 1. The number of benzene rings is 1. The molecule has 1 heterocycles. The van der Waals surface area contributed by atoms with Crippen LogP contribution in [-0.2, 0) is 0 Å². The molecule has 6 heteroatoms. The highest BCUT2D eigenvalue weighted by atomic mass is 35.5. The Morgan fingerprint density at radius 3 is 2.86 bits per heavy atom. The number of rotatable bonds is 2. The van der Waals surface area contributed by atoms with Gasteiger partial charge in [-0.1, -0.05) is 23.7 Å². The molecule has 2 rings (SSSR count). The first-order valence-electron chi connectivity index (χ1n) is 3.81. The van der Waals surface area contributed by atoms with Gasteiger partial charge < -0.3 is 0 Å². The molecular formula is C8H5ClN4O. The fourth-order valence-electron chi connectivity index (χ4n) is 1.11. The van der Waals surface area contributed by atoms with Gasteiger partial charge in [0.1, 0.15) is 11.4 Å². The lowest BCUT2D eigenvalue weighted by Crippen LogP contribution is -1.78. The van der Waals surface area contributed by atoms with Crippen molar-refractivity contribution in [3.05, 3.63) is 34.3 Å². The Balaban J connectivity index is 2.52. The van der Waals surface area contributed by atoms with Gasteiger partial charge in [-0.15, -0.1) is 10.0 Å². The largest absolute Gasteiger partial charge is 0.196 e. The Hall–Kier alpha value is -1.75. The van der Waals surface area contributed by atoms with E-state index in [1.54, 1.807) is 24.3 Å². The second kappa shape index (κ2) is 3.55. The van der Waals surface area contributed by atoms with Crippen molar-refractivity contribution in [2.45, 2.75) is 0 Å². The summed E-state index contributed by atoms with van der Waals surface area (Å²) in [5.74, 6) is 0. The van der Waals surface area contributed by atoms with Gasteiger partial charge in [0.2, 0.25) is 0 Å². The lowest BCUT2D eigenvalue weighted by molar-refractivity contribution is 0.942. The fourth-order valence-corrected chi connectivity index (χ4v) is 1.30. The normalized spacial score (nSPS) is 10.1. The number of hydrogen-bond acceptors (Lipinski definition) is 4. The van der Waals surface area contributed by atoms with Gasteiger partial charge in [0.15, 0.2) is 5.15 Å². The first kappa shape index (κ1) is 8.83. The third-order valence-corrected chi connectivity index (χ3v) is 1.99. The maximum absolute atomic E-state index is 10.3. The number of nitrogens with zero attached hydrogens (tertiary/aromatic N) is 3. The first-order chi connectivity index (χ1) is 6.81. The number of H-pyrrole nitrogens is 1. The molecule has 0 saturated carbocycles. The van der Waals surface area contributed by atoms with Crippen LogP contribution in [-0.4, -0.2) is 15.4 Å². The van der Waals surface area contributed by atoms with E-state index in [9.17, 15) is 4.91 Å². The van der Waals surface area contributed by atoms with Gasteiger partial charge in [0.25, 0.3) is 0 Å². The molecule has 2 aromatic rings. The highest BCUT2D eigenvalue weighted by Crippen LogP contribution is 2.26. The van der Waals surface area contributed by atoms with Crippen LogP contribution in [0.25, 0.3) is 11.3 Å². The smallest absolute Gasteiger partial charge is 0.179 e. The van der Waals surface area contributed by atoms with E-state index in [1.165, 1.54) is 0 Å². The summed E-state index contributed by atoms with van der Waals surface area (Å²) in [4.78, 5) is 10.3. The van der Waals surface area contributed by atoms with Crippen molar-refractivity contribution >= 4 is 17.3 Å². The Morgan fingerprint density at radius 1 is 1.36 bits per heavy atom. The van der Waals surface area contributed by atoms with E-state index >= 15 is 0 Å². The second-order valence-electron chi connectivity index (χ2n) is 2.60. The summed E-state index contributed by atoms with van der Waals surface area (Å²) in [6.45, 7) is 0. The SMILES string of the molecule is O=Nc1cccc(-c2n[nH]nc2Cl)c1. The third kappa shape index (κ3) is 1.49. The minimum atomic E-state index is 0.271. The predicted octanol–water partition coefficient (Wildman–Crippen LogP) is 2.52. The number of aromatic nitrogens is 3. The van der Waals surface area contributed by atoms with Crippen molar-refractivity contribution in [3.63, 3.8) is 0 Å². The van der Waals surface area contributed by atoms with Crippen LogP contribution in [0.3, 0.4) is 0 Å². The molecule has 0 amide bonds. The van der Waals surface area contributed by atoms with Gasteiger partial charge in [-0.25, -0.2) is 0 Å². The van der Waals surface area contributed by atoms with Crippen LogP contribution >= 0.6 is 11.6 Å². The highest BCUT2D eigenvalue weighted by Gasteiger charge is 2.07. The monoisotopic (exact) mass is 208 g/mol. The molecule has 1 N–H and O–H groups in total. The summed E-state index contributed by atoms with van der Waals surface area (Å²) in [6, 6.07) is 6.68. The van der Waals surface area contributed by atoms with E-state index in [4.69, 9.17) is 11.6 Å². The van der Waals surface area contributed by atoms with E-state index in [0.29, 0.717) is 16.9 Å². The Morgan fingerprint density at radius 2 is 2.21 bits per heavy atom. The van der Waals surface area contributed by atoms with Gasteiger partial charge in [-0.3, -0.25) is 0 Å². The van der Waals surface area contributed by atoms with Gasteiger partial charge in [0, 0.05) is 5.56 Å². The summed E-state index contributed by atoms with van der Waals surface area (Å²) in [6.07, 6.45) is 0. The molecule has 0 fully saturated rings. The fraction of sp³-hybridized carbons (Fsp3) is 0. The van der Waals surface area contributed by atoms with E-state index in [2.05, 4.69) is 20.6 Å². The molecule has 0 aliphatic carbocycles. The standard InChI is InChI=1S/C8H5ClN4O/c9-8-7(10-13-11-8)5-2-1-3-6(4-5)12-14/h1-4H,(H,10,11,13). The molecule has 0 bridgehead atoms. The van der Waals surface area contributed by atoms with Crippen LogP contribution in [0.1, 0.15) is 0 Å². The van der Waals surface area contributed by atoms with Crippen LogP contribution in [0.2, 0.25) is 5.15 Å². The van der Waals surface area contributed by atoms with Crippen molar-refractivity contribution in [1.29, 1.82) is 0 Å². The van der Waals surface area contributed by atoms with Crippen molar-refractivity contribution in [2.24, 2.45) is 5.18 Å². The summed E-state index contributed by atoms with van der Waals surface area (Å²) < 4.78 is 0. The number of nitroso groups, excluding NO2 is 1. The molecule has 0 spiro atoms. The molecule has 1 aromatic heterocycles. The molecule has 0 aliphatic rings. The quantitative estimate of drug-likeness (QED) is 0.771. The van der Waals surface area contributed by atoms with Crippen molar-refractivity contribution in [2.75, 3.05) is 0 Å². The third-order valence-electron chi connectivity index (χ3n) is 1.73. The Bertz CT molecular complexity index is 468. The molecule has 0 saturated heterocycles. The summed E-state index contributed by atoms with van der Waals surface area (Å²) in [5, 5.41) is 13.0. The number of aromatic amines is 1. The maximum Gasteiger partial charge on any atom is 0.179 e. The predicted molar refractivity (Wildman–Crippen MR) is 52.3 cm³/mol. The first-order valence-corrected chi connectivity index (χ1v) is 4.19. The van der Waals surface area contributed by atoms with Gasteiger partial charge in [-0.2, -0.15) is 10.3 Å². The number of hydrogen-bond donors (Lipinski definition) is 1. The molecule has 0 aliphatic heterocycles. The van der Waals surface area contributed by atoms with Crippen LogP contribution in [0, 0.1) is 4.91 Å². The van der Waals surface area contributed by atoms with Crippen molar-refractivity contribution in [3.8, 4) is 11.3 Å². The zero-order valence-corrected chi connectivity index (χ0v) is 7.69. The van der Waals surface area contributed by atoms with E-state index in [1.807, 2.05) is 0 Å². The lowest BCUT2D eigenvalue weighted by Gasteiger charge is -1.95. The van der Waals surface area contributed by atoms with Crippen LogP contribution < -0.4 is 0 Å². The minimum Gasteiger partial charge on any atom is -0.196 e. The van der Waals surface area contributed by atoms with E-state index < -0.39 is 0 Å². The summed E-state index contributed by atoms with van der Waals surface area (Å²) >= 11 is 5.76.